The third-order valence-corrected chi connectivity index (χ3v) is 3.92. The van der Waals surface area contributed by atoms with E-state index in [0.29, 0.717) is 6.61 Å². The minimum atomic E-state index is -0.638. The Labute approximate surface area is 127 Å². The maximum Gasteiger partial charge on any atom is 0.326 e. The SMILES string of the molecule is CC1CN(C(C)(C)C(=O)OCc2ccccc2)CC(C)O1. The van der Waals surface area contributed by atoms with Gasteiger partial charge in [0.1, 0.15) is 12.1 Å². The van der Waals surface area contributed by atoms with E-state index in [1.165, 1.54) is 0 Å². The minimum absolute atomic E-state index is 0.134. The van der Waals surface area contributed by atoms with Crippen molar-refractivity contribution in [1.82, 2.24) is 4.90 Å². The summed E-state index contributed by atoms with van der Waals surface area (Å²) >= 11 is 0. The number of hydrogen-bond acceptors (Lipinski definition) is 4. The predicted octanol–water partition coefficient (Wildman–Crippen LogP) is 2.62. The number of morpholine rings is 1. The average Bonchev–Trinajstić information content (AvgIpc) is 2.44. The van der Waals surface area contributed by atoms with Crippen LogP contribution in [0.2, 0.25) is 0 Å². The molecule has 2 rings (SSSR count). The van der Waals surface area contributed by atoms with Crippen LogP contribution in [-0.4, -0.2) is 41.7 Å². The van der Waals surface area contributed by atoms with Gasteiger partial charge in [0.05, 0.1) is 12.2 Å². The van der Waals surface area contributed by atoms with Crippen molar-refractivity contribution in [2.24, 2.45) is 0 Å². The molecule has 2 atom stereocenters. The first kappa shape index (κ1) is 16.0. The van der Waals surface area contributed by atoms with Crippen molar-refractivity contribution in [2.45, 2.75) is 52.0 Å². The highest BCUT2D eigenvalue weighted by Crippen LogP contribution is 2.23. The van der Waals surface area contributed by atoms with Crippen LogP contribution < -0.4 is 0 Å². The summed E-state index contributed by atoms with van der Waals surface area (Å²) in [7, 11) is 0. The lowest BCUT2D eigenvalue weighted by atomic mass is 10.0. The van der Waals surface area contributed by atoms with E-state index in [1.807, 2.05) is 58.0 Å². The lowest BCUT2D eigenvalue weighted by Gasteiger charge is -2.43. The Kier molecular flexibility index (Phi) is 5.01. The molecule has 2 unspecified atom stereocenters. The molecule has 1 aliphatic rings. The second-order valence-electron chi connectivity index (χ2n) is 6.28. The van der Waals surface area contributed by atoms with Crippen molar-refractivity contribution in [3.63, 3.8) is 0 Å². The van der Waals surface area contributed by atoms with E-state index >= 15 is 0 Å². The van der Waals surface area contributed by atoms with Crippen molar-refractivity contribution in [3.8, 4) is 0 Å². The van der Waals surface area contributed by atoms with E-state index in [-0.39, 0.29) is 18.2 Å². The summed E-state index contributed by atoms with van der Waals surface area (Å²) < 4.78 is 11.2. The number of hydrogen-bond donors (Lipinski definition) is 0. The second kappa shape index (κ2) is 6.58. The molecule has 0 bridgehead atoms. The zero-order valence-electron chi connectivity index (χ0n) is 13.3. The van der Waals surface area contributed by atoms with Gasteiger partial charge in [-0.05, 0) is 33.3 Å². The molecule has 1 aliphatic heterocycles. The highest BCUT2D eigenvalue weighted by atomic mass is 16.5. The highest BCUT2D eigenvalue weighted by molar-refractivity contribution is 5.79. The van der Waals surface area contributed by atoms with Gasteiger partial charge in [-0.25, -0.2) is 0 Å². The van der Waals surface area contributed by atoms with Crippen molar-refractivity contribution >= 4 is 5.97 Å². The highest BCUT2D eigenvalue weighted by Gasteiger charge is 2.39. The topological polar surface area (TPSA) is 38.8 Å². The lowest BCUT2D eigenvalue weighted by Crippen LogP contribution is -2.58. The van der Waals surface area contributed by atoms with Gasteiger partial charge in [-0.2, -0.15) is 0 Å². The summed E-state index contributed by atoms with van der Waals surface area (Å²) in [6.07, 6.45) is 0.268. The molecule has 116 valence electrons. The molecule has 1 fully saturated rings. The third-order valence-electron chi connectivity index (χ3n) is 3.92. The molecule has 0 N–H and O–H groups in total. The molecule has 21 heavy (non-hydrogen) atoms. The molecule has 4 heteroatoms. The standard InChI is InChI=1S/C17H25NO3/c1-13-10-18(11-14(2)21-13)17(3,4)16(19)20-12-15-8-6-5-7-9-15/h5-9,13-14H,10-12H2,1-4H3. The average molecular weight is 291 g/mol. The number of ether oxygens (including phenoxy) is 2. The number of nitrogens with zero attached hydrogens (tertiary/aromatic N) is 1. The van der Waals surface area contributed by atoms with Gasteiger partial charge in [0, 0.05) is 13.1 Å². The fourth-order valence-corrected chi connectivity index (χ4v) is 2.66. The fourth-order valence-electron chi connectivity index (χ4n) is 2.66. The number of carbonyl (C=O) groups excluding carboxylic acids is 1. The summed E-state index contributed by atoms with van der Waals surface area (Å²) in [5.41, 5.74) is 0.367. The molecule has 0 radical (unpaired) electrons. The molecule has 1 aromatic carbocycles. The van der Waals surface area contributed by atoms with Gasteiger partial charge >= 0.3 is 5.97 Å². The maximum absolute atomic E-state index is 12.4. The van der Waals surface area contributed by atoms with E-state index in [4.69, 9.17) is 9.47 Å². The van der Waals surface area contributed by atoms with Crippen LogP contribution in [0.3, 0.4) is 0 Å². The first-order chi connectivity index (χ1) is 9.89. The lowest BCUT2D eigenvalue weighted by molar-refractivity contribution is -0.165. The van der Waals surface area contributed by atoms with Gasteiger partial charge in [0.25, 0.3) is 0 Å². The van der Waals surface area contributed by atoms with Gasteiger partial charge < -0.3 is 9.47 Å². The maximum atomic E-state index is 12.4. The van der Waals surface area contributed by atoms with Crippen LogP contribution in [0.5, 0.6) is 0 Å². The normalized spacial score (nSPS) is 23.8. The van der Waals surface area contributed by atoms with E-state index in [1.54, 1.807) is 0 Å². The van der Waals surface area contributed by atoms with Crippen molar-refractivity contribution in [1.29, 1.82) is 0 Å². The summed E-state index contributed by atoms with van der Waals surface area (Å²) in [6.45, 7) is 9.73. The first-order valence-electron chi connectivity index (χ1n) is 7.51. The van der Waals surface area contributed by atoms with Crippen LogP contribution in [0.15, 0.2) is 30.3 Å². The smallest absolute Gasteiger partial charge is 0.326 e. The van der Waals surface area contributed by atoms with Crippen molar-refractivity contribution < 1.29 is 14.3 Å². The molecule has 0 aromatic heterocycles. The Bertz CT molecular complexity index is 462. The Balaban J connectivity index is 1.96. The number of esters is 1. The zero-order chi connectivity index (χ0) is 15.5. The Morgan fingerprint density at radius 2 is 1.81 bits per heavy atom. The molecule has 0 amide bonds. The van der Waals surface area contributed by atoms with E-state index in [0.717, 1.165) is 18.7 Å². The Hall–Kier alpha value is -1.39. The van der Waals surface area contributed by atoms with Gasteiger partial charge in [-0.3, -0.25) is 9.69 Å². The van der Waals surface area contributed by atoms with Crippen LogP contribution in [0.1, 0.15) is 33.3 Å². The molecular weight excluding hydrogens is 266 g/mol. The quantitative estimate of drug-likeness (QED) is 0.799. The molecule has 0 aliphatic carbocycles. The van der Waals surface area contributed by atoms with Gasteiger partial charge in [-0.1, -0.05) is 30.3 Å². The number of benzene rings is 1. The van der Waals surface area contributed by atoms with Crippen molar-refractivity contribution in [3.05, 3.63) is 35.9 Å². The van der Waals surface area contributed by atoms with Crippen LogP contribution in [0.4, 0.5) is 0 Å². The van der Waals surface area contributed by atoms with Crippen LogP contribution in [0, 0.1) is 0 Å². The number of carbonyl (C=O) groups is 1. The molecule has 0 saturated carbocycles. The van der Waals surface area contributed by atoms with Crippen molar-refractivity contribution in [2.75, 3.05) is 13.1 Å². The largest absolute Gasteiger partial charge is 0.459 e. The summed E-state index contributed by atoms with van der Waals surface area (Å²) in [5.74, 6) is -0.187. The molecule has 1 saturated heterocycles. The predicted molar refractivity (Wildman–Crippen MR) is 81.9 cm³/mol. The summed E-state index contributed by atoms with van der Waals surface area (Å²) in [6, 6.07) is 9.75. The van der Waals surface area contributed by atoms with E-state index in [2.05, 4.69) is 4.90 Å². The van der Waals surface area contributed by atoms with Crippen LogP contribution >= 0.6 is 0 Å². The monoisotopic (exact) mass is 291 g/mol. The van der Waals surface area contributed by atoms with Gasteiger partial charge in [0.15, 0.2) is 0 Å². The first-order valence-corrected chi connectivity index (χ1v) is 7.51. The molecular formula is C17H25NO3. The number of rotatable bonds is 4. The summed E-state index contributed by atoms with van der Waals surface area (Å²) in [4.78, 5) is 14.6. The van der Waals surface area contributed by atoms with Crippen LogP contribution in [0.25, 0.3) is 0 Å². The Morgan fingerprint density at radius 3 is 2.38 bits per heavy atom. The molecule has 4 nitrogen and oxygen atoms in total. The molecule has 1 heterocycles. The molecule has 0 spiro atoms. The minimum Gasteiger partial charge on any atom is -0.459 e. The Morgan fingerprint density at radius 1 is 1.24 bits per heavy atom. The third kappa shape index (κ3) is 4.05. The van der Waals surface area contributed by atoms with Crippen LogP contribution in [-0.2, 0) is 20.9 Å². The van der Waals surface area contributed by atoms with Gasteiger partial charge in [-0.15, -0.1) is 0 Å². The van der Waals surface area contributed by atoms with E-state index in [9.17, 15) is 4.79 Å². The summed E-state index contributed by atoms with van der Waals surface area (Å²) in [5, 5.41) is 0. The second-order valence-corrected chi connectivity index (χ2v) is 6.28. The molecule has 1 aromatic rings. The van der Waals surface area contributed by atoms with E-state index < -0.39 is 5.54 Å². The zero-order valence-corrected chi connectivity index (χ0v) is 13.3. The fraction of sp³-hybridized carbons (Fsp3) is 0.588. The van der Waals surface area contributed by atoms with Gasteiger partial charge in [0.2, 0.25) is 0 Å².